The molecule has 6 heteroatoms. The predicted molar refractivity (Wildman–Crippen MR) is 98.2 cm³/mol. The first kappa shape index (κ1) is 15.7. The summed E-state index contributed by atoms with van der Waals surface area (Å²) in [6.07, 6.45) is 0. The van der Waals surface area contributed by atoms with E-state index >= 15 is 0 Å². The van der Waals surface area contributed by atoms with Crippen LogP contribution in [0.15, 0.2) is 57.4 Å². The summed E-state index contributed by atoms with van der Waals surface area (Å²) in [4.78, 5) is 16.3. The molecule has 0 saturated heterocycles. The van der Waals surface area contributed by atoms with E-state index in [0.717, 1.165) is 9.86 Å². The van der Waals surface area contributed by atoms with Crippen LogP contribution in [0.3, 0.4) is 0 Å². The van der Waals surface area contributed by atoms with Crippen LogP contribution in [0.5, 0.6) is 5.75 Å². The van der Waals surface area contributed by atoms with Crippen molar-refractivity contribution in [1.82, 2.24) is 4.98 Å². The Hall–Kier alpha value is -2.86. The maximum absolute atomic E-state index is 11.7. The van der Waals surface area contributed by atoms with Crippen LogP contribution in [-0.2, 0) is 0 Å². The molecule has 0 aliphatic heterocycles. The number of carboxylic acids is 1. The van der Waals surface area contributed by atoms with Gasteiger partial charge in [-0.05, 0) is 48.5 Å². The molecule has 0 aliphatic carbocycles. The zero-order valence-corrected chi connectivity index (χ0v) is 14.7. The highest BCUT2D eigenvalue weighted by Crippen LogP contribution is 2.32. The van der Waals surface area contributed by atoms with Gasteiger partial charge in [0.05, 0.1) is 18.2 Å². The Morgan fingerprint density at radius 2 is 2.00 bits per heavy atom. The number of pyridine rings is 1. The number of ether oxygens (including phenoxy) is 1. The van der Waals surface area contributed by atoms with Gasteiger partial charge >= 0.3 is 5.97 Å². The number of fused-ring (bicyclic) bond motifs is 2. The highest BCUT2D eigenvalue weighted by molar-refractivity contribution is 9.10. The van der Waals surface area contributed by atoms with Crippen LogP contribution in [0.1, 0.15) is 10.4 Å². The van der Waals surface area contributed by atoms with Crippen molar-refractivity contribution in [2.75, 3.05) is 7.11 Å². The molecule has 1 N–H and O–H groups in total. The molecule has 0 atom stereocenters. The molecular weight excluding hydrogens is 386 g/mol. The van der Waals surface area contributed by atoms with E-state index in [1.807, 2.05) is 24.3 Å². The minimum Gasteiger partial charge on any atom is -0.497 e. The van der Waals surface area contributed by atoms with E-state index in [9.17, 15) is 9.90 Å². The molecule has 2 aromatic heterocycles. The van der Waals surface area contributed by atoms with E-state index < -0.39 is 5.97 Å². The second-order valence-electron chi connectivity index (χ2n) is 5.54. The average molecular weight is 398 g/mol. The Bertz CT molecular complexity index is 1130. The van der Waals surface area contributed by atoms with Gasteiger partial charge in [-0.3, -0.25) is 0 Å². The molecule has 4 aromatic rings. The minimum atomic E-state index is -1.03. The third-order valence-corrected chi connectivity index (χ3v) is 4.47. The summed E-state index contributed by atoms with van der Waals surface area (Å²) in [5.41, 5.74) is 1.91. The standard InChI is InChI=1S/C19H12BrNO4/c1-24-12-3-4-15-13(8-12)14(19(22)23)9-16(21-15)18-7-10-6-11(20)2-5-17(10)25-18/h2-9H,1H3,(H,22,23). The maximum Gasteiger partial charge on any atom is 0.336 e. The highest BCUT2D eigenvalue weighted by Gasteiger charge is 2.16. The highest BCUT2D eigenvalue weighted by atomic mass is 79.9. The molecule has 2 heterocycles. The smallest absolute Gasteiger partial charge is 0.336 e. The summed E-state index contributed by atoms with van der Waals surface area (Å²) in [5, 5.41) is 11.0. The molecule has 0 unspecified atom stereocenters. The molecule has 0 saturated carbocycles. The molecule has 0 spiro atoms. The van der Waals surface area contributed by atoms with Gasteiger partial charge in [0, 0.05) is 15.2 Å². The second kappa shape index (κ2) is 5.89. The van der Waals surface area contributed by atoms with Crippen LogP contribution < -0.4 is 4.74 Å². The third kappa shape index (κ3) is 2.74. The number of aromatic carboxylic acids is 1. The van der Waals surface area contributed by atoms with Gasteiger partial charge in [-0.2, -0.15) is 0 Å². The molecule has 124 valence electrons. The monoisotopic (exact) mass is 397 g/mol. The zero-order chi connectivity index (χ0) is 17.6. The van der Waals surface area contributed by atoms with Crippen LogP contribution in [-0.4, -0.2) is 23.2 Å². The van der Waals surface area contributed by atoms with Crippen molar-refractivity contribution in [3.05, 3.63) is 58.6 Å². The first-order valence-electron chi connectivity index (χ1n) is 7.47. The fourth-order valence-electron chi connectivity index (χ4n) is 2.78. The molecular formula is C19H12BrNO4. The van der Waals surface area contributed by atoms with E-state index in [4.69, 9.17) is 9.15 Å². The Balaban J connectivity index is 1.95. The summed E-state index contributed by atoms with van der Waals surface area (Å²) >= 11 is 3.43. The number of benzene rings is 2. The van der Waals surface area contributed by atoms with Gasteiger partial charge in [-0.15, -0.1) is 0 Å². The number of methoxy groups -OCH3 is 1. The van der Waals surface area contributed by atoms with Gasteiger partial charge < -0.3 is 14.3 Å². The number of furan rings is 1. The van der Waals surface area contributed by atoms with E-state index in [2.05, 4.69) is 20.9 Å². The third-order valence-electron chi connectivity index (χ3n) is 3.98. The summed E-state index contributed by atoms with van der Waals surface area (Å²) in [5.74, 6) is 0.0761. The number of hydrogen-bond acceptors (Lipinski definition) is 4. The van der Waals surface area contributed by atoms with Crippen LogP contribution in [0.2, 0.25) is 0 Å². The quantitative estimate of drug-likeness (QED) is 0.519. The Morgan fingerprint density at radius 3 is 2.76 bits per heavy atom. The zero-order valence-electron chi connectivity index (χ0n) is 13.1. The summed E-state index contributed by atoms with van der Waals surface area (Å²) < 4.78 is 12.0. The van der Waals surface area contributed by atoms with Gasteiger partial charge in [0.1, 0.15) is 17.0 Å². The molecule has 5 nitrogen and oxygen atoms in total. The normalized spacial score (nSPS) is 11.1. The van der Waals surface area contributed by atoms with Gasteiger partial charge in [0.25, 0.3) is 0 Å². The molecule has 4 rings (SSSR count). The number of carboxylic acid groups (broad SMARTS) is 1. The van der Waals surface area contributed by atoms with E-state index in [-0.39, 0.29) is 5.56 Å². The Labute approximate surface area is 151 Å². The largest absolute Gasteiger partial charge is 0.497 e. The minimum absolute atomic E-state index is 0.153. The molecule has 0 radical (unpaired) electrons. The maximum atomic E-state index is 11.7. The number of nitrogens with zero attached hydrogens (tertiary/aromatic N) is 1. The summed E-state index contributed by atoms with van der Waals surface area (Å²) in [6.45, 7) is 0. The van der Waals surface area contributed by atoms with Crippen LogP contribution in [0.4, 0.5) is 0 Å². The molecule has 25 heavy (non-hydrogen) atoms. The lowest BCUT2D eigenvalue weighted by molar-refractivity contribution is 0.0699. The van der Waals surface area contributed by atoms with E-state index in [1.165, 1.54) is 13.2 Å². The van der Waals surface area contributed by atoms with Gasteiger partial charge in [-0.25, -0.2) is 9.78 Å². The summed E-state index contributed by atoms with van der Waals surface area (Å²) in [6, 6.07) is 14.2. The molecule has 0 aliphatic rings. The van der Waals surface area contributed by atoms with E-state index in [0.29, 0.717) is 33.7 Å². The lowest BCUT2D eigenvalue weighted by atomic mass is 10.1. The summed E-state index contributed by atoms with van der Waals surface area (Å²) in [7, 11) is 1.54. The SMILES string of the molecule is COc1ccc2nc(-c3cc4cc(Br)ccc4o3)cc(C(=O)O)c2c1. The second-order valence-corrected chi connectivity index (χ2v) is 6.45. The first-order valence-corrected chi connectivity index (χ1v) is 8.26. The van der Waals surface area contributed by atoms with Crippen LogP contribution >= 0.6 is 15.9 Å². The fourth-order valence-corrected chi connectivity index (χ4v) is 3.15. The van der Waals surface area contributed by atoms with Crippen LogP contribution in [0, 0.1) is 0 Å². The number of rotatable bonds is 3. The number of aromatic nitrogens is 1. The van der Waals surface area contributed by atoms with Crippen molar-refractivity contribution >= 4 is 43.8 Å². The number of hydrogen-bond donors (Lipinski definition) is 1. The van der Waals surface area contributed by atoms with Crippen molar-refractivity contribution in [2.45, 2.75) is 0 Å². The first-order chi connectivity index (χ1) is 12.0. The Morgan fingerprint density at radius 1 is 1.16 bits per heavy atom. The van der Waals surface area contributed by atoms with Crippen molar-refractivity contribution < 1.29 is 19.1 Å². The van der Waals surface area contributed by atoms with Crippen molar-refractivity contribution in [1.29, 1.82) is 0 Å². The number of carbonyl (C=O) groups is 1. The van der Waals surface area contributed by atoms with Gasteiger partial charge in [0.2, 0.25) is 0 Å². The van der Waals surface area contributed by atoms with Gasteiger partial charge in [0.15, 0.2) is 5.76 Å². The molecule has 2 aromatic carbocycles. The van der Waals surface area contributed by atoms with E-state index in [1.54, 1.807) is 18.2 Å². The van der Waals surface area contributed by atoms with Crippen molar-refractivity contribution in [3.8, 4) is 17.2 Å². The van der Waals surface area contributed by atoms with Gasteiger partial charge in [-0.1, -0.05) is 15.9 Å². The molecule has 0 bridgehead atoms. The molecule has 0 amide bonds. The lowest BCUT2D eigenvalue weighted by Crippen LogP contribution is -2.00. The topological polar surface area (TPSA) is 72.6 Å². The Kier molecular flexibility index (Phi) is 3.69. The average Bonchev–Trinajstić information content (AvgIpc) is 3.03. The van der Waals surface area contributed by atoms with Crippen LogP contribution in [0.25, 0.3) is 33.3 Å². The molecule has 0 fully saturated rings. The van der Waals surface area contributed by atoms with Crippen molar-refractivity contribution in [3.63, 3.8) is 0 Å². The fraction of sp³-hybridized carbons (Fsp3) is 0.0526. The lowest BCUT2D eigenvalue weighted by Gasteiger charge is -2.07. The number of halogens is 1. The predicted octanol–water partition coefficient (Wildman–Crippen LogP) is 5.12. The van der Waals surface area contributed by atoms with Crippen molar-refractivity contribution in [2.24, 2.45) is 0 Å².